The van der Waals surface area contributed by atoms with E-state index >= 15 is 0 Å². The van der Waals surface area contributed by atoms with E-state index in [0.717, 1.165) is 24.3 Å². The predicted octanol–water partition coefficient (Wildman–Crippen LogP) is 3.15. The fraction of sp³-hybridized carbons (Fsp3) is 0.267. The van der Waals surface area contributed by atoms with Crippen molar-refractivity contribution >= 4 is 11.3 Å². The van der Waals surface area contributed by atoms with Gasteiger partial charge in [0.05, 0.1) is 13.2 Å². The Labute approximate surface area is 117 Å². The van der Waals surface area contributed by atoms with Crippen molar-refractivity contribution in [2.24, 2.45) is 0 Å². The highest BCUT2D eigenvalue weighted by molar-refractivity contribution is 7.08. The number of nitriles is 1. The molecular formula is C15H16N2OS. The lowest BCUT2D eigenvalue weighted by Gasteiger charge is -2.10. The second kappa shape index (κ2) is 6.93. The van der Waals surface area contributed by atoms with Crippen LogP contribution in [-0.2, 0) is 6.42 Å². The van der Waals surface area contributed by atoms with Crippen molar-refractivity contribution in [1.29, 1.82) is 5.26 Å². The molecule has 1 atom stereocenters. The number of benzene rings is 1. The zero-order chi connectivity index (χ0) is 13.5. The molecule has 19 heavy (non-hydrogen) atoms. The van der Waals surface area contributed by atoms with Gasteiger partial charge in [-0.1, -0.05) is 12.1 Å². The third kappa shape index (κ3) is 3.82. The highest BCUT2D eigenvalue weighted by Crippen LogP contribution is 2.16. The van der Waals surface area contributed by atoms with Crippen LogP contribution in [0.4, 0.5) is 0 Å². The monoisotopic (exact) mass is 272 g/mol. The average molecular weight is 272 g/mol. The van der Waals surface area contributed by atoms with Crippen LogP contribution < -0.4 is 10.1 Å². The van der Waals surface area contributed by atoms with Crippen LogP contribution in [0.5, 0.6) is 5.75 Å². The fourth-order valence-electron chi connectivity index (χ4n) is 1.83. The Morgan fingerprint density at radius 1 is 1.32 bits per heavy atom. The van der Waals surface area contributed by atoms with E-state index in [1.54, 1.807) is 18.4 Å². The van der Waals surface area contributed by atoms with E-state index in [-0.39, 0.29) is 6.04 Å². The first-order valence-electron chi connectivity index (χ1n) is 6.11. The zero-order valence-corrected chi connectivity index (χ0v) is 11.6. The minimum absolute atomic E-state index is 0.218. The van der Waals surface area contributed by atoms with Crippen molar-refractivity contribution in [3.05, 3.63) is 52.2 Å². The molecule has 0 saturated carbocycles. The molecule has 0 saturated heterocycles. The summed E-state index contributed by atoms with van der Waals surface area (Å²) in [5, 5.41) is 16.4. The highest BCUT2D eigenvalue weighted by atomic mass is 32.1. The number of rotatable bonds is 6. The van der Waals surface area contributed by atoms with Gasteiger partial charge >= 0.3 is 0 Å². The molecule has 1 heterocycles. The van der Waals surface area contributed by atoms with E-state index in [0.29, 0.717) is 0 Å². The molecule has 0 aliphatic rings. The SMILES string of the molecule is COc1ccc(CCNC(C#N)c2ccsc2)cc1. The van der Waals surface area contributed by atoms with E-state index in [2.05, 4.69) is 11.4 Å². The topological polar surface area (TPSA) is 45.0 Å². The van der Waals surface area contributed by atoms with Gasteiger partial charge in [0, 0.05) is 6.54 Å². The zero-order valence-electron chi connectivity index (χ0n) is 10.8. The molecule has 1 unspecified atom stereocenters. The molecule has 4 heteroatoms. The number of ether oxygens (including phenoxy) is 1. The smallest absolute Gasteiger partial charge is 0.122 e. The lowest BCUT2D eigenvalue weighted by molar-refractivity contribution is 0.414. The quantitative estimate of drug-likeness (QED) is 0.878. The predicted molar refractivity (Wildman–Crippen MR) is 77.4 cm³/mol. The number of thiophene rings is 1. The first-order chi connectivity index (χ1) is 9.33. The fourth-order valence-corrected chi connectivity index (χ4v) is 2.52. The number of hydrogen-bond donors (Lipinski definition) is 1. The van der Waals surface area contributed by atoms with Crippen molar-refractivity contribution in [2.45, 2.75) is 12.5 Å². The van der Waals surface area contributed by atoms with E-state index in [4.69, 9.17) is 10.00 Å². The summed E-state index contributed by atoms with van der Waals surface area (Å²) in [7, 11) is 1.66. The summed E-state index contributed by atoms with van der Waals surface area (Å²) >= 11 is 1.61. The minimum Gasteiger partial charge on any atom is -0.497 e. The Morgan fingerprint density at radius 2 is 2.11 bits per heavy atom. The Balaban J connectivity index is 1.84. The van der Waals surface area contributed by atoms with Crippen LogP contribution >= 0.6 is 11.3 Å². The van der Waals surface area contributed by atoms with Crippen LogP contribution in [0, 0.1) is 11.3 Å². The largest absolute Gasteiger partial charge is 0.497 e. The van der Waals surface area contributed by atoms with Crippen molar-refractivity contribution in [1.82, 2.24) is 5.32 Å². The summed E-state index contributed by atoms with van der Waals surface area (Å²) in [6.07, 6.45) is 0.895. The lowest BCUT2D eigenvalue weighted by atomic mass is 10.1. The van der Waals surface area contributed by atoms with E-state index < -0.39 is 0 Å². The number of nitrogens with zero attached hydrogens (tertiary/aromatic N) is 1. The second-order valence-electron chi connectivity index (χ2n) is 4.17. The summed E-state index contributed by atoms with van der Waals surface area (Å²) < 4.78 is 5.12. The highest BCUT2D eigenvalue weighted by Gasteiger charge is 2.09. The van der Waals surface area contributed by atoms with Gasteiger partial charge in [0.15, 0.2) is 0 Å². The maximum atomic E-state index is 9.14. The molecule has 1 aromatic heterocycles. The molecule has 0 spiro atoms. The van der Waals surface area contributed by atoms with Crippen molar-refractivity contribution < 1.29 is 4.74 Å². The van der Waals surface area contributed by atoms with Crippen LogP contribution in [0.25, 0.3) is 0 Å². The van der Waals surface area contributed by atoms with Gasteiger partial charge in [0.25, 0.3) is 0 Å². The Hall–Kier alpha value is -1.83. The van der Waals surface area contributed by atoms with Gasteiger partial charge in [-0.3, -0.25) is 5.32 Å². The molecule has 1 N–H and O–H groups in total. The van der Waals surface area contributed by atoms with Gasteiger partial charge < -0.3 is 4.74 Å². The molecule has 0 radical (unpaired) electrons. The van der Waals surface area contributed by atoms with Gasteiger partial charge in [-0.2, -0.15) is 16.6 Å². The Morgan fingerprint density at radius 3 is 2.68 bits per heavy atom. The van der Waals surface area contributed by atoms with E-state index in [9.17, 15) is 0 Å². The molecule has 0 aliphatic carbocycles. The number of nitrogens with one attached hydrogen (secondary N) is 1. The maximum Gasteiger partial charge on any atom is 0.122 e. The molecule has 0 fully saturated rings. The second-order valence-corrected chi connectivity index (χ2v) is 4.95. The van der Waals surface area contributed by atoms with Gasteiger partial charge in [0.1, 0.15) is 11.8 Å². The molecular weight excluding hydrogens is 256 g/mol. The minimum atomic E-state index is -0.218. The van der Waals surface area contributed by atoms with Crippen LogP contribution in [0.2, 0.25) is 0 Å². The van der Waals surface area contributed by atoms with E-state index in [1.165, 1.54) is 5.56 Å². The third-order valence-electron chi connectivity index (χ3n) is 2.93. The standard InChI is InChI=1S/C15H16N2OS/c1-18-14-4-2-12(3-5-14)6-8-17-15(10-16)13-7-9-19-11-13/h2-5,7,9,11,15,17H,6,8H2,1H3. The molecule has 3 nitrogen and oxygen atoms in total. The van der Waals surface area contributed by atoms with Gasteiger partial charge in [0.2, 0.25) is 0 Å². The summed E-state index contributed by atoms with van der Waals surface area (Å²) in [6.45, 7) is 0.778. The normalized spacial score (nSPS) is 11.8. The molecule has 98 valence electrons. The summed E-state index contributed by atoms with van der Waals surface area (Å²) in [6, 6.07) is 12.1. The van der Waals surface area contributed by atoms with Crippen LogP contribution in [-0.4, -0.2) is 13.7 Å². The number of hydrogen-bond acceptors (Lipinski definition) is 4. The van der Waals surface area contributed by atoms with Crippen LogP contribution in [0.1, 0.15) is 17.2 Å². The van der Waals surface area contributed by atoms with Gasteiger partial charge in [-0.25, -0.2) is 0 Å². The summed E-state index contributed by atoms with van der Waals surface area (Å²) in [4.78, 5) is 0. The lowest BCUT2D eigenvalue weighted by Crippen LogP contribution is -2.22. The Bertz CT molecular complexity index is 528. The summed E-state index contributed by atoms with van der Waals surface area (Å²) in [5.41, 5.74) is 2.28. The van der Waals surface area contributed by atoms with Crippen molar-refractivity contribution in [3.8, 4) is 11.8 Å². The molecule has 0 amide bonds. The third-order valence-corrected chi connectivity index (χ3v) is 3.63. The van der Waals surface area contributed by atoms with Gasteiger partial charge in [-0.05, 0) is 46.5 Å². The first kappa shape index (κ1) is 13.6. The molecule has 1 aromatic carbocycles. The van der Waals surface area contributed by atoms with E-state index in [1.807, 2.05) is 41.1 Å². The molecule has 0 aliphatic heterocycles. The first-order valence-corrected chi connectivity index (χ1v) is 7.06. The Kier molecular flexibility index (Phi) is 4.96. The molecule has 0 bridgehead atoms. The number of methoxy groups -OCH3 is 1. The molecule has 2 aromatic rings. The maximum absolute atomic E-state index is 9.14. The van der Waals surface area contributed by atoms with Gasteiger partial charge in [-0.15, -0.1) is 0 Å². The van der Waals surface area contributed by atoms with Crippen molar-refractivity contribution in [3.63, 3.8) is 0 Å². The summed E-state index contributed by atoms with van der Waals surface area (Å²) in [5.74, 6) is 0.866. The van der Waals surface area contributed by atoms with Crippen LogP contribution in [0.15, 0.2) is 41.1 Å². The average Bonchev–Trinajstić information content (AvgIpc) is 2.98. The van der Waals surface area contributed by atoms with Crippen molar-refractivity contribution in [2.75, 3.05) is 13.7 Å². The van der Waals surface area contributed by atoms with Crippen LogP contribution in [0.3, 0.4) is 0 Å². The molecule has 2 rings (SSSR count).